The number of carbonyl (C=O) groups is 1. The Kier molecular flexibility index (Phi) is 3.60. The Balaban J connectivity index is 1.42. The summed E-state index contributed by atoms with van der Waals surface area (Å²) in [6.45, 7) is 3.70. The lowest BCUT2D eigenvalue weighted by Gasteiger charge is -2.25. The molecule has 27 heavy (non-hydrogen) atoms. The molecule has 0 unspecified atom stereocenters. The van der Waals surface area contributed by atoms with Crippen molar-refractivity contribution in [3.63, 3.8) is 0 Å². The molecule has 9 heteroatoms. The fourth-order valence-corrected chi connectivity index (χ4v) is 4.43. The number of amides is 1. The minimum Gasteiger partial charge on any atom is -0.361 e. The van der Waals surface area contributed by atoms with Crippen molar-refractivity contribution in [3.05, 3.63) is 44.1 Å². The molecule has 142 valence electrons. The van der Waals surface area contributed by atoms with Gasteiger partial charge in [-0.25, -0.2) is 4.68 Å². The maximum absolute atomic E-state index is 12.6. The Morgan fingerprint density at radius 2 is 2.04 bits per heavy atom. The number of carbonyl (C=O) groups excluding carboxylic acids is 1. The average Bonchev–Trinajstić information content (AvgIpc) is 3.29. The van der Waals surface area contributed by atoms with Gasteiger partial charge in [-0.2, -0.15) is 5.10 Å². The molecule has 1 saturated heterocycles. The molecule has 1 aliphatic carbocycles. The van der Waals surface area contributed by atoms with Gasteiger partial charge in [0.1, 0.15) is 11.6 Å². The lowest BCUT2D eigenvalue weighted by molar-refractivity contribution is 0.0772. The normalized spacial score (nSPS) is 24.0. The van der Waals surface area contributed by atoms with Crippen LogP contribution in [0.4, 0.5) is 0 Å². The lowest BCUT2D eigenvalue weighted by atomic mass is 9.85. The third-order valence-corrected chi connectivity index (χ3v) is 6.14. The molecule has 2 atom stereocenters. The molecule has 2 fully saturated rings. The van der Waals surface area contributed by atoms with Gasteiger partial charge in [0.15, 0.2) is 5.69 Å². The molecule has 9 nitrogen and oxygen atoms in total. The van der Waals surface area contributed by atoms with E-state index in [9.17, 15) is 14.4 Å². The number of hydrogen-bond donors (Lipinski definition) is 0. The van der Waals surface area contributed by atoms with Crippen LogP contribution in [0.2, 0.25) is 0 Å². The van der Waals surface area contributed by atoms with Gasteiger partial charge in [-0.15, -0.1) is 0 Å². The fraction of sp³-hybridized carbons (Fsp3) is 0.611. The second-order valence-electron chi connectivity index (χ2n) is 7.96. The van der Waals surface area contributed by atoms with Crippen LogP contribution in [0.25, 0.3) is 0 Å². The van der Waals surface area contributed by atoms with Crippen LogP contribution >= 0.6 is 0 Å². The zero-order valence-electron chi connectivity index (χ0n) is 15.1. The van der Waals surface area contributed by atoms with Crippen LogP contribution in [0.1, 0.15) is 47.3 Å². The molecule has 1 saturated carbocycles. The first-order valence-electron chi connectivity index (χ1n) is 9.45. The second kappa shape index (κ2) is 5.90. The molecule has 2 aromatic heterocycles. The van der Waals surface area contributed by atoms with Crippen LogP contribution in [0.5, 0.6) is 0 Å². The van der Waals surface area contributed by atoms with Gasteiger partial charge >= 0.3 is 11.1 Å². The van der Waals surface area contributed by atoms with E-state index in [1.54, 1.807) is 17.9 Å². The van der Waals surface area contributed by atoms with E-state index in [0.717, 1.165) is 12.8 Å². The predicted octanol–water partition coefficient (Wildman–Crippen LogP) is 0.371. The van der Waals surface area contributed by atoms with Gasteiger partial charge in [-0.3, -0.25) is 19.0 Å². The summed E-state index contributed by atoms with van der Waals surface area (Å²) in [5.74, 6) is 1.57. The summed E-state index contributed by atoms with van der Waals surface area (Å²) in [5.41, 5.74) is -0.719. The highest BCUT2D eigenvalue weighted by atomic mass is 16.5. The van der Waals surface area contributed by atoms with Crippen molar-refractivity contribution >= 4 is 5.91 Å². The van der Waals surface area contributed by atoms with Crippen LogP contribution < -0.4 is 11.1 Å². The number of fused-ring (bicyclic) bond motifs is 3. The molecule has 0 aromatic carbocycles. The molecular weight excluding hydrogens is 350 g/mol. The quantitative estimate of drug-likeness (QED) is 0.722. The third-order valence-electron chi connectivity index (χ3n) is 6.14. The van der Waals surface area contributed by atoms with Gasteiger partial charge in [0.2, 0.25) is 0 Å². The Bertz CT molecular complexity index is 1030. The number of rotatable bonds is 3. The Hall–Kier alpha value is -2.71. The zero-order chi connectivity index (χ0) is 18.7. The van der Waals surface area contributed by atoms with E-state index in [4.69, 9.17) is 4.52 Å². The van der Waals surface area contributed by atoms with Crippen molar-refractivity contribution in [3.8, 4) is 0 Å². The van der Waals surface area contributed by atoms with Crippen molar-refractivity contribution in [1.29, 1.82) is 0 Å². The molecule has 2 aliphatic heterocycles. The van der Waals surface area contributed by atoms with E-state index in [1.807, 2.05) is 0 Å². The third kappa shape index (κ3) is 2.55. The van der Waals surface area contributed by atoms with Crippen molar-refractivity contribution in [1.82, 2.24) is 24.4 Å². The van der Waals surface area contributed by atoms with Gasteiger partial charge < -0.3 is 9.42 Å². The zero-order valence-corrected chi connectivity index (χ0v) is 15.1. The number of aromatic nitrogens is 4. The first-order valence-corrected chi connectivity index (χ1v) is 9.45. The molecule has 0 spiro atoms. The predicted molar refractivity (Wildman–Crippen MR) is 93.5 cm³/mol. The van der Waals surface area contributed by atoms with Crippen molar-refractivity contribution in [2.75, 3.05) is 13.1 Å². The topological polar surface area (TPSA) is 103 Å². The minimum atomic E-state index is -0.531. The smallest absolute Gasteiger partial charge is 0.332 e. The second-order valence-corrected chi connectivity index (χ2v) is 7.96. The molecule has 1 amide bonds. The summed E-state index contributed by atoms with van der Waals surface area (Å²) in [4.78, 5) is 39.3. The lowest BCUT2D eigenvalue weighted by Crippen LogP contribution is -2.45. The first-order chi connectivity index (χ1) is 13.0. The summed E-state index contributed by atoms with van der Waals surface area (Å²) < 4.78 is 7.86. The largest absolute Gasteiger partial charge is 0.361 e. The minimum absolute atomic E-state index is 0.0251. The Morgan fingerprint density at radius 1 is 1.22 bits per heavy atom. The molecular formula is C18H21N5O4. The van der Waals surface area contributed by atoms with Gasteiger partial charge in [0, 0.05) is 44.1 Å². The molecule has 3 aliphatic rings. The molecule has 0 bridgehead atoms. The maximum atomic E-state index is 12.6. The van der Waals surface area contributed by atoms with Crippen LogP contribution in [-0.4, -0.2) is 43.4 Å². The Morgan fingerprint density at radius 3 is 2.70 bits per heavy atom. The first kappa shape index (κ1) is 16.5. The fourth-order valence-electron chi connectivity index (χ4n) is 4.43. The van der Waals surface area contributed by atoms with E-state index in [2.05, 4.69) is 10.3 Å². The monoisotopic (exact) mass is 371 g/mol. The van der Waals surface area contributed by atoms with E-state index >= 15 is 0 Å². The van der Waals surface area contributed by atoms with Gasteiger partial charge in [-0.05, 0) is 25.7 Å². The molecule has 4 heterocycles. The summed E-state index contributed by atoms with van der Waals surface area (Å²) in [7, 11) is 0. The summed E-state index contributed by atoms with van der Waals surface area (Å²) >= 11 is 0. The number of aryl methyl sites for hydroxylation is 1. The van der Waals surface area contributed by atoms with E-state index < -0.39 is 11.1 Å². The maximum Gasteiger partial charge on any atom is 0.332 e. The molecule has 0 N–H and O–H groups in total. The van der Waals surface area contributed by atoms with Crippen LogP contribution in [0.3, 0.4) is 0 Å². The molecule has 5 rings (SSSR count). The van der Waals surface area contributed by atoms with Crippen LogP contribution in [0.15, 0.2) is 20.2 Å². The summed E-state index contributed by atoms with van der Waals surface area (Å²) in [5, 5.41) is 8.35. The number of nitrogens with zero attached hydrogens (tertiary/aromatic N) is 5. The Labute approximate surface area is 154 Å². The van der Waals surface area contributed by atoms with Crippen molar-refractivity contribution < 1.29 is 9.32 Å². The molecule has 0 radical (unpaired) electrons. The standard InChI is InChI=1S/C18H21N5O4/c1-10-5-14(20-27-10)16(24)21-7-12-8-22-15(13(12)9-21)19-23(18(26)17(22)25)6-11-3-2-4-11/h5,11-13H,2-4,6-9H2,1H3/t12-,13+/m1/s1. The summed E-state index contributed by atoms with van der Waals surface area (Å²) in [6, 6.07) is 1.63. The van der Waals surface area contributed by atoms with Crippen LogP contribution in [0, 0.1) is 18.8 Å². The van der Waals surface area contributed by atoms with Gasteiger partial charge in [0.25, 0.3) is 5.91 Å². The number of hydrogen-bond acceptors (Lipinski definition) is 6. The SMILES string of the molecule is Cc1cc(C(=O)N2C[C@@H]3Cn4c(nn(CC5CCC5)c(=O)c4=O)[C@H]3C2)no1. The van der Waals surface area contributed by atoms with E-state index in [1.165, 1.54) is 15.7 Å². The highest BCUT2D eigenvalue weighted by Crippen LogP contribution is 2.37. The average molecular weight is 371 g/mol. The van der Waals surface area contributed by atoms with Crippen LogP contribution in [-0.2, 0) is 13.1 Å². The van der Waals surface area contributed by atoms with E-state index in [-0.39, 0.29) is 17.7 Å². The number of likely N-dealkylation sites (tertiary alicyclic amines) is 1. The molecule has 2 aromatic rings. The highest BCUT2D eigenvalue weighted by molar-refractivity contribution is 5.92. The van der Waals surface area contributed by atoms with Gasteiger partial charge in [0.05, 0.1) is 0 Å². The van der Waals surface area contributed by atoms with E-state index in [0.29, 0.717) is 49.4 Å². The highest BCUT2D eigenvalue weighted by Gasteiger charge is 2.44. The van der Waals surface area contributed by atoms with Crippen molar-refractivity contribution in [2.24, 2.45) is 11.8 Å². The van der Waals surface area contributed by atoms with Gasteiger partial charge in [-0.1, -0.05) is 11.6 Å². The summed E-state index contributed by atoms with van der Waals surface area (Å²) in [6.07, 6.45) is 3.34. The van der Waals surface area contributed by atoms with Crippen molar-refractivity contribution in [2.45, 2.75) is 45.2 Å².